The maximum Gasteiger partial charge on any atom is 0.127 e. The number of hydrogen-bond acceptors (Lipinski definition) is 3. The zero-order valence-corrected chi connectivity index (χ0v) is 12.3. The summed E-state index contributed by atoms with van der Waals surface area (Å²) in [6.07, 6.45) is 3.90. The van der Waals surface area contributed by atoms with Gasteiger partial charge >= 0.3 is 0 Å². The molecule has 0 fully saturated rings. The van der Waals surface area contributed by atoms with Crippen LogP contribution in [-0.4, -0.2) is 28.0 Å². The minimum absolute atomic E-state index is 0.0562. The first kappa shape index (κ1) is 15.3. The van der Waals surface area contributed by atoms with Crippen LogP contribution in [0.1, 0.15) is 16.8 Å². The molecule has 0 aliphatic carbocycles. The first-order valence-corrected chi connectivity index (χ1v) is 6.92. The molecule has 112 valence electrons. The van der Waals surface area contributed by atoms with Gasteiger partial charge in [-0.3, -0.25) is 0 Å². The normalized spacial score (nSPS) is 11.2. The fourth-order valence-corrected chi connectivity index (χ4v) is 2.08. The molecule has 2 rings (SSSR count). The molecule has 4 nitrogen and oxygen atoms in total. The highest BCUT2D eigenvalue weighted by molar-refractivity contribution is 5.51. The third kappa shape index (κ3) is 3.92. The molecule has 0 saturated carbocycles. The van der Waals surface area contributed by atoms with E-state index in [-0.39, 0.29) is 12.4 Å². The molecule has 5 heteroatoms. The number of aryl methyl sites for hydroxylation is 1. The van der Waals surface area contributed by atoms with E-state index in [4.69, 9.17) is 5.11 Å². The number of nitrogens with zero attached hydrogens (tertiary/aromatic N) is 2. The highest BCUT2D eigenvalue weighted by atomic mass is 19.1. The van der Waals surface area contributed by atoms with Crippen LogP contribution in [0.25, 0.3) is 6.08 Å². The van der Waals surface area contributed by atoms with Crippen LogP contribution in [-0.2, 0) is 6.54 Å². The Morgan fingerprint density at radius 2 is 2.00 bits per heavy atom. The van der Waals surface area contributed by atoms with E-state index in [2.05, 4.69) is 10.4 Å². The van der Waals surface area contributed by atoms with Crippen molar-refractivity contribution in [2.45, 2.75) is 20.4 Å². The summed E-state index contributed by atoms with van der Waals surface area (Å²) in [5.74, 6) is 0.689. The predicted octanol–water partition coefficient (Wildman–Crippen LogP) is 2.76. The molecule has 0 aliphatic rings. The molecule has 0 bridgehead atoms. The van der Waals surface area contributed by atoms with E-state index in [0.29, 0.717) is 13.1 Å². The number of aromatic nitrogens is 2. The Hall–Kier alpha value is -2.14. The molecule has 21 heavy (non-hydrogen) atoms. The maximum absolute atomic E-state index is 12.8. The fourth-order valence-electron chi connectivity index (χ4n) is 2.08. The van der Waals surface area contributed by atoms with Gasteiger partial charge in [-0.15, -0.1) is 0 Å². The lowest BCUT2D eigenvalue weighted by molar-refractivity contribution is 0.270. The molecule has 2 aromatic rings. The molecule has 0 saturated heterocycles. The van der Waals surface area contributed by atoms with Gasteiger partial charge in [0, 0.05) is 12.1 Å². The summed E-state index contributed by atoms with van der Waals surface area (Å²) in [4.78, 5) is 0. The van der Waals surface area contributed by atoms with Crippen LogP contribution >= 0.6 is 0 Å². The van der Waals surface area contributed by atoms with Crippen molar-refractivity contribution in [3.8, 4) is 0 Å². The first-order valence-electron chi connectivity index (χ1n) is 6.92. The lowest BCUT2D eigenvalue weighted by Gasteiger charge is -2.08. The minimum Gasteiger partial charge on any atom is -0.394 e. The molecule has 0 unspecified atom stereocenters. The molecular formula is C16H20FN3O. The van der Waals surface area contributed by atoms with Gasteiger partial charge in [0.05, 0.1) is 18.8 Å². The Bertz CT molecular complexity index is 617. The molecule has 1 aromatic carbocycles. The number of hydrogen-bond donors (Lipinski definition) is 2. The van der Waals surface area contributed by atoms with Crippen LogP contribution < -0.4 is 5.32 Å². The summed E-state index contributed by atoms with van der Waals surface area (Å²) in [6.45, 7) is 5.11. The number of rotatable bonds is 6. The van der Waals surface area contributed by atoms with Crippen LogP contribution in [0.15, 0.2) is 30.3 Å². The van der Waals surface area contributed by atoms with Crippen molar-refractivity contribution in [2.75, 3.05) is 18.5 Å². The van der Waals surface area contributed by atoms with Crippen LogP contribution in [0.5, 0.6) is 0 Å². The van der Waals surface area contributed by atoms with E-state index in [9.17, 15) is 4.39 Å². The van der Waals surface area contributed by atoms with Gasteiger partial charge < -0.3 is 10.4 Å². The summed E-state index contributed by atoms with van der Waals surface area (Å²) in [5.41, 5.74) is 2.99. The van der Waals surface area contributed by atoms with E-state index in [1.165, 1.54) is 12.1 Å². The van der Waals surface area contributed by atoms with Crippen LogP contribution in [0.4, 0.5) is 10.2 Å². The average Bonchev–Trinajstić information content (AvgIpc) is 2.73. The molecule has 1 aromatic heterocycles. The van der Waals surface area contributed by atoms with E-state index in [1.54, 1.807) is 16.8 Å². The van der Waals surface area contributed by atoms with E-state index >= 15 is 0 Å². The van der Waals surface area contributed by atoms with Crippen LogP contribution in [0, 0.1) is 19.7 Å². The lowest BCUT2D eigenvalue weighted by Crippen LogP contribution is -2.10. The Morgan fingerprint density at radius 3 is 2.67 bits per heavy atom. The Balaban J connectivity index is 1.98. The molecule has 1 heterocycles. The smallest absolute Gasteiger partial charge is 0.127 e. The zero-order valence-electron chi connectivity index (χ0n) is 12.3. The van der Waals surface area contributed by atoms with Gasteiger partial charge in [0.25, 0.3) is 0 Å². The lowest BCUT2D eigenvalue weighted by atomic mass is 10.2. The number of nitrogens with one attached hydrogen (secondary N) is 1. The summed E-state index contributed by atoms with van der Waals surface area (Å²) in [7, 11) is 0. The SMILES string of the molecule is Cc1nn(CCO)c(NC/C=C/c2ccc(F)cc2)c1C. The Labute approximate surface area is 123 Å². The van der Waals surface area contributed by atoms with Gasteiger partial charge in [-0.25, -0.2) is 9.07 Å². The van der Waals surface area contributed by atoms with E-state index < -0.39 is 0 Å². The number of aliphatic hydroxyl groups excluding tert-OH is 1. The summed E-state index contributed by atoms with van der Waals surface area (Å²) in [6, 6.07) is 6.35. The molecule has 0 amide bonds. The zero-order chi connectivity index (χ0) is 15.2. The van der Waals surface area contributed by atoms with Gasteiger partial charge in [-0.2, -0.15) is 5.10 Å². The molecular weight excluding hydrogens is 269 g/mol. The highest BCUT2D eigenvalue weighted by Gasteiger charge is 2.09. The number of aliphatic hydroxyl groups is 1. The Kier molecular flexibility index (Phi) is 5.11. The summed E-state index contributed by atoms with van der Waals surface area (Å²) in [5, 5.41) is 16.7. The second-order valence-corrected chi connectivity index (χ2v) is 4.84. The van der Waals surface area contributed by atoms with Gasteiger partial charge in [0.15, 0.2) is 0 Å². The molecule has 0 spiro atoms. The average molecular weight is 289 g/mol. The molecule has 0 atom stereocenters. The monoisotopic (exact) mass is 289 g/mol. The predicted molar refractivity (Wildman–Crippen MR) is 82.7 cm³/mol. The van der Waals surface area contributed by atoms with Crippen molar-refractivity contribution in [1.82, 2.24) is 9.78 Å². The molecule has 2 N–H and O–H groups in total. The van der Waals surface area contributed by atoms with Crippen molar-refractivity contribution in [2.24, 2.45) is 0 Å². The highest BCUT2D eigenvalue weighted by Crippen LogP contribution is 2.18. The number of halogens is 1. The Morgan fingerprint density at radius 1 is 1.29 bits per heavy atom. The number of benzene rings is 1. The fraction of sp³-hybridized carbons (Fsp3) is 0.312. The van der Waals surface area contributed by atoms with Crippen LogP contribution in [0.3, 0.4) is 0 Å². The van der Waals surface area contributed by atoms with Gasteiger partial charge in [0.2, 0.25) is 0 Å². The third-order valence-corrected chi connectivity index (χ3v) is 3.31. The van der Waals surface area contributed by atoms with Gasteiger partial charge in [0.1, 0.15) is 11.6 Å². The summed E-state index contributed by atoms with van der Waals surface area (Å²) < 4.78 is 14.6. The molecule has 0 aliphatic heterocycles. The van der Waals surface area contributed by atoms with Gasteiger partial charge in [-0.1, -0.05) is 24.3 Å². The summed E-state index contributed by atoms with van der Waals surface area (Å²) >= 11 is 0. The largest absolute Gasteiger partial charge is 0.394 e. The van der Waals surface area contributed by atoms with Gasteiger partial charge in [-0.05, 0) is 31.5 Å². The first-order chi connectivity index (χ1) is 10.1. The second kappa shape index (κ2) is 7.04. The quantitative estimate of drug-likeness (QED) is 0.859. The maximum atomic E-state index is 12.8. The van der Waals surface area contributed by atoms with Crippen LogP contribution in [0.2, 0.25) is 0 Å². The molecule has 0 radical (unpaired) electrons. The standard InChI is InChI=1S/C16H20FN3O/c1-12-13(2)19-20(10-11-21)16(12)18-9-3-4-14-5-7-15(17)8-6-14/h3-8,18,21H,9-11H2,1-2H3/b4-3+. The third-order valence-electron chi connectivity index (χ3n) is 3.31. The van der Waals surface area contributed by atoms with Crippen molar-refractivity contribution >= 4 is 11.9 Å². The van der Waals surface area contributed by atoms with E-state index in [0.717, 1.165) is 22.6 Å². The van der Waals surface area contributed by atoms with Crippen molar-refractivity contribution < 1.29 is 9.50 Å². The van der Waals surface area contributed by atoms with Crippen molar-refractivity contribution in [3.63, 3.8) is 0 Å². The second-order valence-electron chi connectivity index (χ2n) is 4.84. The van der Waals surface area contributed by atoms with E-state index in [1.807, 2.05) is 26.0 Å². The minimum atomic E-state index is -0.232. The topological polar surface area (TPSA) is 50.1 Å². The number of anilines is 1. The van der Waals surface area contributed by atoms with Crippen molar-refractivity contribution in [3.05, 3.63) is 53.0 Å². The van der Waals surface area contributed by atoms with Crippen molar-refractivity contribution in [1.29, 1.82) is 0 Å².